The Balaban J connectivity index is 2.78. The topological polar surface area (TPSA) is 12.5 Å². The van der Waals surface area contributed by atoms with Crippen LogP contribution >= 0.6 is 11.6 Å². The molecule has 0 N–H and O–H groups in total. The molecule has 0 bridgehead atoms. The first kappa shape index (κ1) is 8.00. The van der Waals surface area contributed by atoms with E-state index in [1.54, 1.807) is 0 Å². The van der Waals surface area contributed by atoms with Gasteiger partial charge < -0.3 is 0 Å². The molecule has 0 aromatic carbocycles. The van der Waals surface area contributed by atoms with Crippen LogP contribution in [0, 0.1) is 0 Å². The van der Waals surface area contributed by atoms with E-state index in [0.29, 0.717) is 0 Å². The minimum absolute atomic E-state index is 2.96. The van der Waals surface area contributed by atoms with Gasteiger partial charge in [0.2, 0.25) is 0 Å². The Morgan fingerprint density at radius 1 is 1.20 bits per heavy atom. The van der Waals surface area contributed by atoms with Crippen molar-refractivity contribution in [3.63, 3.8) is 0 Å². The van der Waals surface area contributed by atoms with Crippen molar-refractivity contribution in [2.75, 3.05) is 0 Å². The summed E-state index contributed by atoms with van der Waals surface area (Å²) in [5, 5.41) is -3.73. The predicted molar refractivity (Wildman–Crippen MR) is 20.7 cm³/mol. The minimum Gasteiger partial charge on any atom is -0.278 e. The number of alkyl halides is 6. The Bertz CT molecular complexity index is 165. The average Bonchev–Trinajstić information content (AvgIpc) is 2.05. The van der Waals surface area contributed by atoms with E-state index in [1.165, 1.54) is 0 Å². The Labute approximate surface area is 56.7 Å². The van der Waals surface area contributed by atoms with E-state index in [2.05, 4.69) is 16.3 Å². The van der Waals surface area contributed by atoms with Crippen molar-refractivity contribution in [1.29, 1.82) is 0 Å². The first-order chi connectivity index (χ1) is 4.21. The summed E-state index contributed by atoms with van der Waals surface area (Å²) in [5.41, 5.74) is 0. The lowest BCUT2D eigenvalue weighted by molar-refractivity contribution is -0.226. The zero-order valence-corrected chi connectivity index (χ0v) is 4.93. The number of epoxide rings is 1. The summed E-state index contributed by atoms with van der Waals surface area (Å²) >= 11 is 4.25. The van der Waals surface area contributed by atoms with Gasteiger partial charge in [0.05, 0.1) is 0 Å². The number of rotatable bonds is 0. The molecule has 1 aliphatic heterocycles. The average molecular weight is 182 g/mol. The van der Waals surface area contributed by atoms with E-state index in [-0.39, 0.29) is 0 Å². The van der Waals surface area contributed by atoms with Gasteiger partial charge in [0.1, 0.15) is 0 Å². The first-order valence-electron chi connectivity index (χ1n) is 2.04. The molecule has 1 fully saturated rings. The van der Waals surface area contributed by atoms with Gasteiger partial charge in [0.15, 0.2) is 0 Å². The zero-order valence-electron chi connectivity index (χ0n) is 4.18. The van der Waals surface area contributed by atoms with Crippen molar-refractivity contribution in [1.82, 2.24) is 0 Å². The lowest BCUT2D eigenvalue weighted by Crippen LogP contribution is -2.32. The van der Waals surface area contributed by atoms with Crippen LogP contribution < -0.4 is 0 Å². The van der Waals surface area contributed by atoms with Crippen LogP contribution in [0.1, 0.15) is 0 Å². The van der Waals surface area contributed by atoms with Crippen molar-refractivity contribution >= 4 is 11.6 Å². The van der Waals surface area contributed by atoms with Crippen LogP contribution in [0.3, 0.4) is 0 Å². The number of halogens is 6. The van der Waals surface area contributed by atoms with E-state index >= 15 is 0 Å². The molecule has 0 saturated carbocycles. The highest BCUT2D eigenvalue weighted by molar-refractivity contribution is 6.24. The van der Waals surface area contributed by atoms with E-state index in [0.717, 1.165) is 0 Å². The molecule has 2 atom stereocenters. The monoisotopic (exact) mass is 182 g/mol. The van der Waals surface area contributed by atoms with Crippen LogP contribution in [0.2, 0.25) is 0 Å². The molecule has 0 radical (unpaired) electrons. The lowest BCUT2D eigenvalue weighted by Gasteiger charge is -2.05. The van der Waals surface area contributed by atoms with E-state index in [1.807, 2.05) is 0 Å². The SMILES string of the molecule is FC(F)(F)C1(F)OC1(F)Cl. The number of hydrogen-bond acceptors (Lipinski definition) is 1. The number of ether oxygens (including phenoxy) is 1. The van der Waals surface area contributed by atoms with Gasteiger partial charge in [-0.2, -0.15) is 22.0 Å². The highest BCUT2D eigenvalue weighted by Crippen LogP contribution is 2.61. The van der Waals surface area contributed by atoms with Crippen LogP contribution in [0.5, 0.6) is 0 Å². The second-order valence-electron chi connectivity index (χ2n) is 1.71. The zero-order chi connectivity index (χ0) is 8.21. The predicted octanol–water partition coefficient (Wildman–Crippen LogP) is 2.11. The third-order valence-corrected chi connectivity index (χ3v) is 1.29. The molecule has 2 unspecified atom stereocenters. The van der Waals surface area contributed by atoms with E-state index < -0.39 is 17.3 Å². The van der Waals surface area contributed by atoms with Gasteiger partial charge in [0, 0.05) is 0 Å². The highest BCUT2D eigenvalue weighted by atomic mass is 35.5. The molecule has 7 heteroatoms. The number of hydrogen-bond donors (Lipinski definition) is 0. The van der Waals surface area contributed by atoms with Crippen molar-refractivity contribution in [2.45, 2.75) is 17.3 Å². The largest absolute Gasteiger partial charge is 0.456 e. The highest BCUT2D eigenvalue weighted by Gasteiger charge is 2.87. The standard InChI is InChI=1S/C3ClF5O/c4-2(6)1(5,10-2)3(7,8)9. The van der Waals surface area contributed by atoms with E-state index in [9.17, 15) is 22.0 Å². The van der Waals surface area contributed by atoms with Gasteiger partial charge >= 0.3 is 17.3 Å². The van der Waals surface area contributed by atoms with Crippen molar-refractivity contribution < 1.29 is 26.7 Å². The Kier molecular flexibility index (Phi) is 1.24. The van der Waals surface area contributed by atoms with Gasteiger partial charge in [0.25, 0.3) is 0 Å². The van der Waals surface area contributed by atoms with E-state index in [4.69, 9.17) is 0 Å². The summed E-state index contributed by atoms with van der Waals surface area (Å²) in [7, 11) is 0. The molecule has 0 amide bonds. The summed E-state index contributed by atoms with van der Waals surface area (Å²) in [6.45, 7) is 0. The quantitative estimate of drug-likeness (QED) is 0.318. The summed E-state index contributed by atoms with van der Waals surface area (Å²) in [6, 6.07) is 0. The fourth-order valence-corrected chi connectivity index (χ4v) is 0.587. The van der Waals surface area contributed by atoms with Crippen molar-refractivity contribution in [2.24, 2.45) is 0 Å². The Hall–Kier alpha value is -0.100. The van der Waals surface area contributed by atoms with Crippen LogP contribution in [0.4, 0.5) is 22.0 Å². The Morgan fingerprint density at radius 3 is 1.50 bits per heavy atom. The molecule has 1 saturated heterocycles. The first-order valence-corrected chi connectivity index (χ1v) is 2.42. The lowest BCUT2D eigenvalue weighted by atomic mass is 10.4. The molecular weight excluding hydrogens is 182 g/mol. The molecule has 0 aromatic heterocycles. The van der Waals surface area contributed by atoms with Gasteiger partial charge in [-0.05, 0) is 11.6 Å². The fourth-order valence-electron chi connectivity index (χ4n) is 0.374. The third kappa shape index (κ3) is 0.784. The summed E-state index contributed by atoms with van der Waals surface area (Å²) in [6.07, 6.45) is -5.41. The minimum atomic E-state index is -5.41. The molecule has 60 valence electrons. The van der Waals surface area contributed by atoms with Gasteiger partial charge in [-0.25, -0.2) is 0 Å². The molecule has 1 rings (SSSR count). The maximum absolute atomic E-state index is 11.9. The maximum atomic E-state index is 11.9. The van der Waals surface area contributed by atoms with Crippen LogP contribution in [0.15, 0.2) is 0 Å². The normalized spacial score (nSPS) is 47.4. The molecule has 1 nitrogen and oxygen atoms in total. The molecule has 0 spiro atoms. The molecule has 10 heavy (non-hydrogen) atoms. The second-order valence-corrected chi connectivity index (χ2v) is 2.20. The third-order valence-electron chi connectivity index (χ3n) is 0.966. The smallest absolute Gasteiger partial charge is 0.278 e. The van der Waals surface area contributed by atoms with Gasteiger partial charge in [-0.1, -0.05) is 0 Å². The van der Waals surface area contributed by atoms with Crippen LogP contribution in [-0.4, -0.2) is 17.3 Å². The molecule has 1 aliphatic rings. The molecule has 1 heterocycles. The maximum Gasteiger partial charge on any atom is 0.456 e. The summed E-state index contributed by atoms with van der Waals surface area (Å²) in [5.74, 6) is -4.32. The molecule has 0 aliphatic carbocycles. The van der Waals surface area contributed by atoms with Gasteiger partial charge in [-0.3, -0.25) is 4.74 Å². The second kappa shape index (κ2) is 1.55. The Morgan fingerprint density at radius 2 is 1.50 bits per heavy atom. The summed E-state index contributed by atoms with van der Waals surface area (Å²) in [4.78, 5) is 0. The summed E-state index contributed by atoms with van der Waals surface area (Å²) < 4.78 is 60.6. The van der Waals surface area contributed by atoms with Crippen molar-refractivity contribution in [3.05, 3.63) is 0 Å². The molecular formula is C3ClF5O. The van der Waals surface area contributed by atoms with Crippen molar-refractivity contribution in [3.8, 4) is 0 Å². The van der Waals surface area contributed by atoms with Crippen LogP contribution in [-0.2, 0) is 4.74 Å². The van der Waals surface area contributed by atoms with Crippen LogP contribution in [0.25, 0.3) is 0 Å². The molecule has 0 aromatic rings. The van der Waals surface area contributed by atoms with Gasteiger partial charge in [-0.15, -0.1) is 0 Å². The fraction of sp³-hybridized carbons (Fsp3) is 1.00.